The number of aromatic nitrogens is 2. The zero-order valence-corrected chi connectivity index (χ0v) is 17.6. The fourth-order valence-electron chi connectivity index (χ4n) is 2.83. The third-order valence-corrected chi connectivity index (χ3v) is 5.35. The first kappa shape index (κ1) is 22.2. The van der Waals surface area contributed by atoms with Crippen LogP contribution in [-0.4, -0.2) is 37.0 Å². The van der Waals surface area contributed by atoms with Gasteiger partial charge >= 0.3 is 0 Å². The third-order valence-electron chi connectivity index (χ3n) is 4.42. The Morgan fingerprint density at radius 1 is 1.13 bits per heavy atom. The van der Waals surface area contributed by atoms with E-state index in [9.17, 15) is 18.0 Å². The highest BCUT2D eigenvalue weighted by atomic mass is 32.2. The van der Waals surface area contributed by atoms with Crippen molar-refractivity contribution in [1.82, 2.24) is 14.9 Å². The molecule has 0 unspecified atom stereocenters. The predicted octanol–water partition coefficient (Wildman–Crippen LogP) is 1.39. The van der Waals surface area contributed by atoms with Crippen LogP contribution in [0.3, 0.4) is 0 Å². The lowest BCUT2D eigenvalue weighted by Crippen LogP contribution is -2.30. The van der Waals surface area contributed by atoms with Gasteiger partial charge in [0.1, 0.15) is 5.75 Å². The lowest BCUT2D eigenvalue weighted by Gasteiger charge is -2.09. The normalized spacial score (nSPS) is 11.2. The Bertz CT molecular complexity index is 1220. The number of nitrogens with two attached hydrogens (primary N) is 1. The SMILES string of the molecule is CCOc1ccc(-c2cc(=O)n(CCNC(=O)c3ccc(S(N)(=O)=O)cc3)cn2)cc1. The molecular formula is C21H22N4O5S. The summed E-state index contributed by atoms with van der Waals surface area (Å²) in [6, 6.07) is 14.0. The number of amides is 1. The minimum absolute atomic E-state index is 0.0747. The van der Waals surface area contributed by atoms with E-state index in [1.54, 1.807) is 0 Å². The molecule has 10 heteroatoms. The fraction of sp³-hybridized carbons (Fsp3) is 0.190. The highest BCUT2D eigenvalue weighted by molar-refractivity contribution is 7.89. The molecule has 0 saturated carbocycles. The third kappa shape index (κ3) is 5.77. The summed E-state index contributed by atoms with van der Waals surface area (Å²) in [6.45, 7) is 2.91. The summed E-state index contributed by atoms with van der Waals surface area (Å²) in [7, 11) is -3.81. The van der Waals surface area contributed by atoms with Gasteiger partial charge in [0.25, 0.3) is 11.5 Å². The smallest absolute Gasteiger partial charge is 0.253 e. The minimum atomic E-state index is -3.81. The molecule has 0 saturated heterocycles. The number of hydrogen-bond donors (Lipinski definition) is 2. The average molecular weight is 442 g/mol. The number of rotatable bonds is 8. The van der Waals surface area contributed by atoms with Crippen LogP contribution in [0.15, 0.2) is 70.6 Å². The summed E-state index contributed by atoms with van der Waals surface area (Å²) in [6.07, 6.45) is 1.43. The molecule has 3 rings (SSSR count). The predicted molar refractivity (Wildman–Crippen MR) is 115 cm³/mol. The Hall–Kier alpha value is -3.50. The number of nitrogens with one attached hydrogen (secondary N) is 1. The van der Waals surface area contributed by atoms with E-state index in [1.807, 2.05) is 31.2 Å². The van der Waals surface area contributed by atoms with Crippen molar-refractivity contribution in [2.24, 2.45) is 5.14 Å². The van der Waals surface area contributed by atoms with Crippen LogP contribution in [0.2, 0.25) is 0 Å². The van der Waals surface area contributed by atoms with Crippen LogP contribution in [0.5, 0.6) is 5.75 Å². The van der Waals surface area contributed by atoms with Crippen molar-refractivity contribution in [1.29, 1.82) is 0 Å². The molecule has 2 aromatic carbocycles. The Morgan fingerprint density at radius 3 is 2.39 bits per heavy atom. The van der Waals surface area contributed by atoms with Crippen LogP contribution in [0.25, 0.3) is 11.3 Å². The van der Waals surface area contributed by atoms with Crippen LogP contribution < -0.4 is 20.8 Å². The largest absolute Gasteiger partial charge is 0.494 e. The van der Waals surface area contributed by atoms with E-state index in [1.165, 1.54) is 41.2 Å². The van der Waals surface area contributed by atoms with Crippen molar-refractivity contribution in [3.8, 4) is 17.0 Å². The summed E-state index contributed by atoms with van der Waals surface area (Å²) in [4.78, 5) is 28.8. The van der Waals surface area contributed by atoms with Gasteiger partial charge < -0.3 is 10.1 Å². The first-order chi connectivity index (χ1) is 14.8. The van der Waals surface area contributed by atoms with Crippen LogP contribution in [-0.2, 0) is 16.6 Å². The highest BCUT2D eigenvalue weighted by Gasteiger charge is 2.10. The van der Waals surface area contributed by atoms with Crippen LogP contribution in [0, 0.1) is 0 Å². The second-order valence-electron chi connectivity index (χ2n) is 6.59. The summed E-state index contributed by atoms with van der Waals surface area (Å²) < 4.78 is 29.3. The van der Waals surface area contributed by atoms with Gasteiger partial charge in [-0.3, -0.25) is 14.2 Å². The summed E-state index contributed by atoms with van der Waals surface area (Å²) >= 11 is 0. The first-order valence-electron chi connectivity index (χ1n) is 9.48. The standard InChI is InChI=1S/C21H22N4O5S/c1-2-30-17-7-3-15(4-8-17)19-13-20(26)25(14-24-19)12-11-23-21(27)16-5-9-18(10-6-16)31(22,28)29/h3-10,13-14H,2,11-12H2,1H3,(H,23,27)(H2,22,28,29). The number of benzene rings is 2. The van der Waals surface area contributed by atoms with Crippen molar-refractivity contribution in [3.05, 3.63) is 76.8 Å². The quantitative estimate of drug-likeness (QED) is 0.541. The van der Waals surface area contributed by atoms with E-state index in [0.29, 0.717) is 12.3 Å². The van der Waals surface area contributed by atoms with Gasteiger partial charge in [-0.1, -0.05) is 0 Å². The van der Waals surface area contributed by atoms with E-state index in [0.717, 1.165) is 11.3 Å². The van der Waals surface area contributed by atoms with E-state index < -0.39 is 15.9 Å². The molecule has 3 aromatic rings. The molecule has 0 atom stereocenters. The second-order valence-corrected chi connectivity index (χ2v) is 8.15. The molecule has 1 heterocycles. The van der Waals surface area contributed by atoms with Gasteiger partial charge in [0.15, 0.2) is 0 Å². The Labute approximate surface area is 179 Å². The van der Waals surface area contributed by atoms with E-state index >= 15 is 0 Å². The molecule has 0 aliphatic heterocycles. The molecule has 0 fully saturated rings. The van der Waals surface area contributed by atoms with Crippen molar-refractivity contribution >= 4 is 15.9 Å². The zero-order chi connectivity index (χ0) is 22.4. The molecule has 9 nitrogen and oxygen atoms in total. The number of hydrogen-bond acceptors (Lipinski definition) is 6. The molecule has 1 amide bonds. The molecular weight excluding hydrogens is 420 g/mol. The number of carbonyl (C=O) groups excluding carboxylic acids is 1. The van der Waals surface area contributed by atoms with Crippen LogP contribution >= 0.6 is 0 Å². The van der Waals surface area contributed by atoms with Gasteiger partial charge in [-0.25, -0.2) is 18.5 Å². The van der Waals surface area contributed by atoms with Gasteiger partial charge in [-0.2, -0.15) is 0 Å². The lowest BCUT2D eigenvalue weighted by molar-refractivity contribution is 0.0952. The molecule has 31 heavy (non-hydrogen) atoms. The number of carbonyl (C=O) groups is 1. The van der Waals surface area contributed by atoms with Gasteiger partial charge in [0.05, 0.1) is 23.5 Å². The maximum absolute atomic E-state index is 12.4. The van der Waals surface area contributed by atoms with Crippen molar-refractivity contribution < 1.29 is 17.9 Å². The van der Waals surface area contributed by atoms with Crippen LogP contribution in [0.1, 0.15) is 17.3 Å². The lowest BCUT2D eigenvalue weighted by atomic mass is 10.1. The molecule has 162 valence electrons. The maximum atomic E-state index is 12.4. The number of sulfonamides is 1. The maximum Gasteiger partial charge on any atom is 0.253 e. The van der Waals surface area contributed by atoms with Crippen molar-refractivity contribution in [2.45, 2.75) is 18.4 Å². The Balaban J connectivity index is 1.59. The molecule has 1 aromatic heterocycles. The van der Waals surface area contributed by atoms with Crippen molar-refractivity contribution in [3.63, 3.8) is 0 Å². The molecule has 0 radical (unpaired) electrons. The Kier molecular flexibility index (Phi) is 6.83. The van der Waals surface area contributed by atoms with E-state index in [2.05, 4.69) is 10.3 Å². The average Bonchev–Trinajstić information content (AvgIpc) is 2.75. The number of nitrogens with zero attached hydrogens (tertiary/aromatic N) is 2. The monoisotopic (exact) mass is 442 g/mol. The summed E-state index contributed by atoms with van der Waals surface area (Å²) in [5.74, 6) is 0.350. The number of ether oxygens (including phenoxy) is 1. The topological polar surface area (TPSA) is 133 Å². The van der Waals surface area contributed by atoms with Crippen molar-refractivity contribution in [2.75, 3.05) is 13.2 Å². The van der Waals surface area contributed by atoms with E-state index in [4.69, 9.17) is 9.88 Å². The molecule has 3 N–H and O–H groups in total. The molecule has 0 bridgehead atoms. The molecule has 0 aliphatic carbocycles. The van der Waals surface area contributed by atoms with E-state index in [-0.39, 0.29) is 29.1 Å². The second kappa shape index (κ2) is 9.54. The van der Waals surface area contributed by atoms with Gasteiger partial charge in [-0.15, -0.1) is 0 Å². The first-order valence-corrected chi connectivity index (χ1v) is 11.0. The molecule has 0 aliphatic rings. The number of primary sulfonamides is 1. The zero-order valence-electron chi connectivity index (χ0n) is 16.8. The highest BCUT2D eigenvalue weighted by Crippen LogP contribution is 2.19. The van der Waals surface area contributed by atoms with Crippen LogP contribution in [0.4, 0.5) is 0 Å². The van der Waals surface area contributed by atoms with Gasteiger partial charge in [0, 0.05) is 30.3 Å². The summed E-state index contributed by atoms with van der Waals surface area (Å²) in [5, 5.41) is 7.71. The minimum Gasteiger partial charge on any atom is -0.494 e. The van der Waals surface area contributed by atoms with Gasteiger partial charge in [-0.05, 0) is 55.5 Å². The molecule has 0 spiro atoms. The summed E-state index contributed by atoms with van der Waals surface area (Å²) in [5.41, 5.74) is 1.38. The fourth-order valence-corrected chi connectivity index (χ4v) is 3.34. The van der Waals surface area contributed by atoms with Gasteiger partial charge in [0.2, 0.25) is 10.0 Å². The Morgan fingerprint density at radius 2 is 1.81 bits per heavy atom.